The first-order valence-electron chi connectivity index (χ1n) is 14.4. The van der Waals surface area contributed by atoms with Gasteiger partial charge >= 0.3 is 5.97 Å². The van der Waals surface area contributed by atoms with Gasteiger partial charge in [0, 0.05) is 47.4 Å². The molecule has 5 aromatic rings. The van der Waals surface area contributed by atoms with E-state index in [9.17, 15) is 9.59 Å². The zero-order valence-corrected chi connectivity index (χ0v) is 25.1. The Morgan fingerprint density at radius 2 is 1.67 bits per heavy atom. The average molecular weight is 606 g/mol. The molecular weight excluding hydrogens is 570 g/mol. The van der Waals surface area contributed by atoms with Crippen LogP contribution in [0.15, 0.2) is 103 Å². The zero-order chi connectivity index (χ0) is 31.8. The molecule has 0 spiro atoms. The summed E-state index contributed by atoms with van der Waals surface area (Å²) in [5.74, 6) is -0.572. The van der Waals surface area contributed by atoms with Crippen LogP contribution in [0.25, 0.3) is 10.9 Å². The van der Waals surface area contributed by atoms with Crippen LogP contribution in [0.5, 0.6) is 11.5 Å². The van der Waals surface area contributed by atoms with Crippen molar-refractivity contribution >= 4 is 34.3 Å². The Labute approximate surface area is 261 Å². The molecule has 1 heterocycles. The summed E-state index contributed by atoms with van der Waals surface area (Å²) in [4.78, 5) is 30.0. The molecule has 1 aromatic heterocycles. The number of esters is 1. The number of rotatable bonds is 13. The fourth-order valence-corrected chi connectivity index (χ4v) is 5.06. The van der Waals surface area contributed by atoms with Crippen LogP contribution in [-0.4, -0.2) is 36.4 Å². The van der Waals surface area contributed by atoms with Gasteiger partial charge in [-0.25, -0.2) is 0 Å². The number of ether oxygens (including phenoxy) is 3. The number of amidine groups is 1. The number of hydrogen-bond donors (Lipinski definition) is 5. The number of nitrogen functional groups attached to an aromatic ring is 1. The SMILES string of the molecule is COc1cc(C(Nc2ccc(C(=N)N)cc2)(OC(C)=O)C(=O)NCCc2c[nH]c3ccccc23)ccc1OCc1ccccc1. The molecule has 6 N–H and O–H groups in total. The molecule has 0 radical (unpaired) electrons. The van der Waals surface area contributed by atoms with Crippen LogP contribution in [0.1, 0.15) is 29.2 Å². The quantitative estimate of drug-likeness (QED) is 0.0534. The summed E-state index contributed by atoms with van der Waals surface area (Å²) in [6, 6.07) is 29.2. The second-order valence-electron chi connectivity index (χ2n) is 10.4. The zero-order valence-electron chi connectivity index (χ0n) is 25.1. The minimum atomic E-state index is -1.99. The topological polar surface area (TPSA) is 152 Å². The molecule has 10 nitrogen and oxygen atoms in total. The number of benzene rings is 4. The number of carbonyl (C=O) groups excluding carboxylic acids is 2. The van der Waals surface area contributed by atoms with Crippen LogP contribution in [0.2, 0.25) is 0 Å². The number of para-hydroxylation sites is 1. The number of amides is 1. The van der Waals surface area contributed by atoms with E-state index >= 15 is 0 Å². The van der Waals surface area contributed by atoms with Gasteiger partial charge in [0.2, 0.25) is 0 Å². The molecule has 0 aliphatic rings. The standard InChI is InChI=1S/C35H35N5O5/c1-23(41)45-35(40-28-15-12-25(13-16-28)33(36)37,34(42)38-19-18-26-21-39-30-11-7-6-10-29(26)30)27-14-17-31(32(20-27)43-2)44-22-24-8-4-3-5-9-24/h3-17,20-21,39-40H,18-19,22H2,1-2H3,(H3,36,37)(H,38,42). The van der Waals surface area contributed by atoms with Gasteiger partial charge in [-0.15, -0.1) is 0 Å². The molecule has 0 bridgehead atoms. The van der Waals surface area contributed by atoms with Crippen molar-refractivity contribution < 1.29 is 23.8 Å². The van der Waals surface area contributed by atoms with Crippen LogP contribution in [0.4, 0.5) is 5.69 Å². The second kappa shape index (κ2) is 13.7. The number of nitrogens with two attached hydrogens (primary N) is 1. The van der Waals surface area contributed by atoms with Gasteiger partial charge in [-0.3, -0.25) is 15.0 Å². The molecule has 0 fully saturated rings. The maximum atomic E-state index is 14.2. The van der Waals surface area contributed by atoms with Crippen LogP contribution in [-0.2, 0) is 33.1 Å². The van der Waals surface area contributed by atoms with E-state index in [0.717, 1.165) is 22.0 Å². The summed E-state index contributed by atoms with van der Waals surface area (Å²) in [5.41, 5.74) is 7.93. The number of fused-ring (bicyclic) bond motifs is 1. The van der Waals surface area contributed by atoms with Crippen molar-refractivity contribution in [1.82, 2.24) is 10.3 Å². The van der Waals surface area contributed by atoms with E-state index in [1.807, 2.05) is 60.8 Å². The molecule has 0 saturated carbocycles. The number of aromatic amines is 1. The molecule has 5 rings (SSSR count). The molecule has 45 heavy (non-hydrogen) atoms. The minimum absolute atomic E-state index is 0.0985. The predicted molar refractivity (Wildman–Crippen MR) is 173 cm³/mol. The molecule has 4 aromatic carbocycles. The Morgan fingerprint density at radius 3 is 2.38 bits per heavy atom. The third-order valence-corrected chi connectivity index (χ3v) is 7.29. The van der Waals surface area contributed by atoms with Crippen molar-refractivity contribution in [3.63, 3.8) is 0 Å². The van der Waals surface area contributed by atoms with Crippen molar-refractivity contribution in [2.45, 2.75) is 25.7 Å². The first-order valence-corrected chi connectivity index (χ1v) is 14.4. The Balaban J connectivity index is 1.48. The fourth-order valence-electron chi connectivity index (χ4n) is 5.06. The summed E-state index contributed by atoms with van der Waals surface area (Å²) in [5, 5.41) is 14.9. The second-order valence-corrected chi connectivity index (χ2v) is 10.4. The summed E-state index contributed by atoms with van der Waals surface area (Å²) in [7, 11) is 1.50. The normalized spacial score (nSPS) is 12.1. The fraction of sp³-hybridized carbons (Fsp3) is 0.171. The number of nitrogens with one attached hydrogen (secondary N) is 4. The minimum Gasteiger partial charge on any atom is -0.493 e. The highest BCUT2D eigenvalue weighted by molar-refractivity contribution is 5.95. The number of H-pyrrole nitrogens is 1. The molecule has 10 heteroatoms. The molecule has 1 atom stereocenters. The predicted octanol–water partition coefficient (Wildman–Crippen LogP) is 5.23. The summed E-state index contributed by atoms with van der Waals surface area (Å²) in [6.07, 6.45) is 2.46. The first-order chi connectivity index (χ1) is 21.8. The Morgan fingerprint density at radius 1 is 0.933 bits per heavy atom. The molecule has 0 aliphatic carbocycles. The van der Waals surface area contributed by atoms with Crippen molar-refractivity contribution in [1.29, 1.82) is 5.41 Å². The lowest BCUT2D eigenvalue weighted by Crippen LogP contribution is -2.53. The van der Waals surface area contributed by atoms with E-state index in [1.165, 1.54) is 14.0 Å². The van der Waals surface area contributed by atoms with E-state index in [2.05, 4.69) is 15.6 Å². The largest absolute Gasteiger partial charge is 0.493 e. The molecule has 230 valence electrons. The molecule has 1 unspecified atom stereocenters. The van der Waals surface area contributed by atoms with Crippen LogP contribution < -0.4 is 25.8 Å². The Hall–Kier alpha value is -5.77. The Bertz CT molecular complexity index is 1800. The third-order valence-electron chi connectivity index (χ3n) is 7.29. The van der Waals surface area contributed by atoms with Crippen molar-refractivity contribution in [3.8, 4) is 11.5 Å². The van der Waals surface area contributed by atoms with E-state index in [1.54, 1.807) is 42.5 Å². The number of aromatic nitrogens is 1. The lowest BCUT2D eigenvalue weighted by molar-refractivity contribution is -0.165. The van der Waals surface area contributed by atoms with E-state index < -0.39 is 17.6 Å². The highest BCUT2D eigenvalue weighted by atomic mass is 16.6. The lowest BCUT2D eigenvalue weighted by Gasteiger charge is -2.34. The number of hydrogen-bond acceptors (Lipinski definition) is 7. The highest BCUT2D eigenvalue weighted by Gasteiger charge is 2.45. The number of carbonyl (C=O) groups is 2. The maximum Gasteiger partial charge on any atom is 0.305 e. The number of methoxy groups -OCH3 is 1. The van der Waals surface area contributed by atoms with Gasteiger partial charge in [0.05, 0.1) is 7.11 Å². The van der Waals surface area contributed by atoms with Gasteiger partial charge in [0.25, 0.3) is 11.6 Å². The van der Waals surface area contributed by atoms with Crippen molar-refractivity contribution in [3.05, 3.63) is 126 Å². The highest BCUT2D eigenvalue weighted by Crippen LogP contribution is 2.36. The van der Waals surface area contributed by atoms with Gasteiger partial charge in [-0.05, 0) is 66.1 Å². The lowest BCUT2D eigenvalue weighted by atomic mass is 9.99. The van der Waals surface area contributed by atoms with Gasteiger partial charge in [0.15, 0.2) is 11.5 Å². The average Bonchev–Trinajstić information content (AvgIpc) is 3.46. The monoisotopic (exact) mass is 605 g/mol. The van der Waals surface area contributed by atoms with Gasteiger partial charge in [-0.2, -0.15) is 0 Å². The van der Waals surface area contributed by atoms with Gasteiger partial charge < -0.3 is 35.6 Å². The summed E-state index contributed by atoms with van der Waals surface area (Å²) in [6.45, 7) is 1.81. The van der Waals surface area contributed by atoms with Gasteiger partial charge in [0.1, 0.15) is 12.4 Å². The van der Waals surface area contributed by atoms with Gasteiger partial charge in [-0.1, -0.05) is 48.5 Å². The van der Waals surface area contributed by atoms with Crippen molar-refractivity contribution in [2.75, 3.05) is 19.0 Å². The Kier molecular flexibility index (Phi) is 9.33. The van der Waals surface area contributed by atoms with E-state index in [0.29, 0.717) is 41.3 Å². The maximum absolute atomic E-state index is 14.2. The van der Waals surface area contributed by atoms with E-state index in [-0.39, 0.29) is 12.4 Å². The number of anilines is 1. The summed E-state index contributed by atoms with van der Waals surface area (Å²) < 4.78 is 17.5. The first kappa shape index (κ1) is 30.7. The van der Waals surface area contributed by atoms with Crippen LogP contribution >= 0.6 is 0 Å². The van der Waals surface area contributed by atoms with Crippen LogP contribution in [0, 0.1) is 5.41 Å². The summed E-state index contributed by atoms with van der Waals surface area (Å²) >= 11 is 0. The smallest absolute Gasteiger partial charge is 0.305 e. The van der Waals surface area contributed by atoms with Crippen LogP contribution in [0.3, 0.4) is 0 Å². The molecule has 0 saturated heterocycles. The third kappa shape index (κ3) is 7.07. The molecular formula is C35H35N5O5. The molecule has 0 aliphatic heterocycles. The van der Waals surface area contributed by atoms with E-state index in [4.69, 9.17) is 25.4 Å². The van der Waals surface area contributed by atoms with Crippen molar-refractivity contribution in [2.24, 2.45) is 5.73 Å². The molecule has 1 amide bonds.